The van der Waals surface area contributed by atoms with Gasteiger partial charge in [0.05, 0.1) is 5.75 Å². The van der Waals surface area contributed by atoms with Crippen molar-refractivity contribution in [3.8, 4) is 0 Å². The van der Waals surface area contributed by atoms with E-state index in [2.05, 4.69) is 0 Å². The Morgan fingerprint density at radius 3 is 2.33 bits per heavy atom. The zero-order valence-corrected chi connectivity index (χ0v) is 9.79. The number of hydrogen-bond donors (Lipinski definition) is 1. The molecule has 5 heteroatoms. The van der Waals surface area contributed by atoms with Crippen molar-refractivity contribution in [1.29, 1.82) is 0 Å². The molecule has 0 heterocycles. The van der Waals surface area contributed by atoms with E-state index >= 15 is 0 Å². The number of carboxylic acids is 1. The van der Waals surface area contributed by atoms with Crippen molar-refractivity contribution in [1.82, 2.24) is 0 Å². The summed E-state index contributed by atoms with van der Waals surface area (Å²) in [6.07, 6.45) is 4.16. The molecule has 0 spiro atoms. The van der Waals surface area contributed by atoms with Gasteiger partial charge < -0.3 is 5.11 Å². The van der Waals surface area contributed by atoms with Crippen LogP contribution in [-0.4, -0.2) is 30.5 Å². The lowest BCUT2D eigenvalue weighted by molar-refractivity contribution is -0.136. The molecule has 15 heavy (non-hydrogen) atoms. The van der Waals surface area contributed by atoms with Crippen LogP contribution in [0.3, 0.4) is 0 Å². The molecule has 0 bridgehead atoms. The van der Waals surface area contributed by atoms with E-state index in [1.165, 1.54) is 0 Å². The SMILES string of the molecule is CCC(C(=O)O)S(=O)(=O)CC1CCCC1. The van der Waals surface area contributed by atoms with Gasteiger partial charge in [-0.25, -0.2) is 8.42 Å². The van der Waals surface area contributed by atoms with Crippen molar-refractivity contribution in [2.45, 2.75) is 44.3 Å². The summed E-state index contributed by atoms with van der Waals surface area (Å²) in [5, 5.41) is 7.59. The summed E-state index contributed by atoms with van der Waals surface area (Å²) in [6.45, 7) is 1.60. The number of carboxylic acid groups (broad SMARTS) is 1. The van der Waals surface area contributed by atoms with E-state index in [1.54, 1.807) is 6.92 Å². The summed E-state index contributed by atoms with van der Waals surface area (Å²) in [7, 11) is -3.45. The van der Waals surface area contributed by atoms with E-state index in [9.17, 15) is 13.2 Å². The molecule has 1 fully saturated rings. The molecule has 0 aromatic carbocycles. The van der Waals surface area contributed by atoms with Crippen molar-refractivity contribution in [2.24, 2.45) is 5.92 Å². The van der Waals surface area contributed by atoms with Gasteiger partial charge in [-0.1, -0.05) is 19.8 Å². The van der Waals surface area contributed by atoms with Crippen LogP contribution in [0.2, 0.25) is 0 Å². The molecular formula is C10H18O4S. The second kappa shape index (κ2) is 4.96. The molecule has 1 aliphatic rings. The van der Waals surface area contributed by atoms with Crippen LogP contribution in [0, 0.1) is 5.92 Å². The van der Waals surface area contributed by atoms with Gasteiger partial charge in [0.2, 0.25) is 0 Å². The predicted molar refractivity (Wildman–Crippen MR) is 57.5 cm³/mol. The zero-order chi connectivity index (χ0) is 11.5. The molecule has 4 nitrogen and oxygen atoms in total. The number of sulfone groups is 1. The summed E-state index contributed by atoms with van der Waals surface area (Å²) in [5.74, 6) is -0.975. The van der Waals surface area contributed by atoms with Crippen LogP contribution >= 0.6 is 0 Å². The fraction of sp³-hybridized carbons (Fsp3) is 0.900. The Kier molecular flexibility index (Phi) is 4.13. The molecule has 0 aromatic rings. The van der Waals surface area contributed by atoms with Crippen LogP contribution < -0.4 is 0 Å². The van der Waals surface area contributed by atoms with Crippen LogP contribution in [0.1, 0.15) is 39.0 Å². The van der Waals surface area contributed by atoms with Gasteiger partial charge >= 0.3 is 5.97 Å². The molecule has 0 radical (unpaired) electrons. The van der Waals surface area contributed by atoms with Gasteiger partial charge in [0.15, 0.2) is 15.1 Å². The second-order valence-electron chi connectivity index (χ2n) is 4.22. The van der Waals surface area contributed by atoms with Gasteiger partial charge in [-0.3, -0.25) is 4.79 Å². The second-order valence-corrected chi connectivity index (χ2v) is 6.44. The van der Waals surface area contributed by atoms with Gasteiger partial charge in [-0.2, -0.15) is 0 Å². The van der Waals surface area contributed by atoms with E-state index < -0.39 is 21.1 Å². The lowest BCUT2D eigenvalue weighted by Gasteiger charge is -2.14. The van der Waals surface area contributed by atoms with Gasteiger partial charge in [0.25, 0.3) is 0 Å². The molecule has 1 aliphatic carbocycles. The minimum Gasteiger partial charge on any atom is -0.480 e. The Balaban J connectivity index is 2.67. The molecule has 1 N–H and O–H groups in total. The van der Waals surface area contributed by atoms with E-state index in [-0.39, 0.29) is 18.1 Å². The first kappa shape index (κ1) is 12.5. The van der Waals surface area contributed by atoms with Crippen molar-refractivity contribution < 1.29 is 18.3 Å². The third kappa shape index (κ3) is 3.19. The van der Waals surface area contributed by atoms with Crippen LogP contribution in [0.4, 0.5) is 0 Å². The number of carbonyl (C=O) groups is 1. The maximum Gasteiger partial charge on any atom is 0.321 e. The van der Waals surface area contributed by atoms with E-state index in [1.807, 2.05) is 0 Å². The quantitative estimate of drug-likeness (QED) is 0.781. The Morgan fingerprint density at radius 1 is 1.40 bits per heavy atom. The van der Waals surface area contributed by atoms with Gasteiger partial charge in [-0.15, -0.1) is 0 Å². The Labute approximate surface area is 90.6 Å². The third-order valence-electron chi connectivity index (χ3n) is 3.02. The maximum atomic E-state index is 11.8. The summed E-state index contributed by atoms with van der Waals surface area (Å²) in [4.78, 5) is 10.8. The molecule has 0 aromatic heterocycles. The largest absolute Gasteiger partial charge is 0.480 e. The highest BCUT2D eigenvalue weighted by Crippen LogP contribution is 2.27. The highest BCUT2D eigenvalue weighted by atomic mass is 32.2. The first-order chi connectivity index (χ1) is 6.97. The molecule has 0 aliphatic heterocycles. The normalized spacial score (nSPS) is 20.3. The average molecular weight is 234 g/mol. The number of hydrogen-bond acceptors (Lipinski definition) is 3. The van der Waals surface area contributed by atoms with Crippen molar-refractivity contribution in [3.05, 3.63) is 0 Å². The minimum atomic E-state index is -3.45. The van der Waals surface area contributed by atoms with Crippen molar-refractivity contribution >= 4 is 15.8 Å². The highest BCUT2D eigenvalue weighted by Gasteiger charge is 2.33. The fourth-order valence-corrected chi connectivity index (χ4v) is 4.24. The van der Waals surface area contributed by atoms with Crippen LogP contribution in [0.5, 0.6) is 0 Å². The summed E-state index contributed by atoms with van der Waals surface area (Å²) in [6, 6.07) is 0. The van der Waals surface area contributed by atoms with Crippen LogP contribution in [0.25, 0.3) is 0 Å². The zero-order valence-electron chi connectivity index (χ0n) is 8.98. The summed E-state index contributed by atoms with van der Waals surface area (Å²) < 4.78 is 23.6. The van der Waals surface area contributed by atoms with E-state index in [4.69, 9.17) is 5.11 Å². The molecule has 1 unspecified atom stereocenters. The standard InChI is InChI=1S/C10H18O4S/c1-2-9(10(11)12)15(13,14)7-8-5-3-4-6-8/h8-9H,2-7H2,1H3,(H,11,12). The third-order valence-corrected chi connectivity index (χ3v) is 5.36. The maximum absolute atomic E-state index is 11.8. The number of rotatable bonds is 5. The topological polar surface area (TPSA) is 71.4 Å². The van der Waals surface area contributed by atoms with E-state index in [0.717, 1.165) is 25.7 Å². The summed E-state index contributed by atoms with van der Waals surface area (Å²) in [5.41, 5.74) is 0. The molecule has 1 saturated carbocycles. The lowest BCUT2D eigenvalue weighted by atomic mass is 10.1. The van der Waals surface area contributed by atoms with Gasteiger partial charge in [0.1, 0.15) is 0 Å². The molecule has 88 valence electrons. The monoisotopic (exact) mass is 234 g/mol. The smallest absolute Gasteiger partial charge is 0.321 e. The Morgan fingerprint density at radius 2 is 1.93 bits per heavy atom. The summed E-state index contributed by atoms with van der Waals surface area (Å²) >= 11 is 0. The molecular weight excluding hydrogens is 216 g/mol. The first-order valence-electron chi connectivity index (χ1n) is 5.41. The van der Waals surface area contributed by atoms with Gasteiger partial charge in [0, 0.05) is 0 Å². The van der Waals surface area contributed by atoms with Crippen LogP contribution in [0.15, 0.2) is 0 Å². The predicted octanol–water partition coefficient (Wildman–Crippen LogP) is 1.45. The molecule has 0 amide bonds. The number of aliphatic carboxylic acids is 1. The van der Waals surface area contributed by atoms with Gasteiger partial charge in [-0.05, 0) is 25.2 Å². The minimum absolute atomic E-state index is 0.0534. The molecule has 0 saturated heterocycles. The highest BCUT2D eigenvalue weighted by molar-refractivity contribution is 7.92. The first-order valence-corrected chi connectivity index (χ1v) is 7.13. The Hall–Kier alpha value is -0.580. The molecule has 1 atom stereocenters. The fourth-order valence-electron chi connectivity index (χ4n) is 2.20. The van der Waals surface area contributed by atoms with Crippen molar-refractivity contribution in [2.75, 3.05) is 5.75 Å². The Bertz CT molecular complexity index is 314. The van der Waals surface area contributed by atoms with Crippen LogP contribution in [-0.2, 0) is 14.6 Å². The molecule has 1 rings (SSSR count). The van der Waals surface area contributed by atoms with E-state index in [0.29, 0.717) is 0 Å². The lowest BCUT2D eigenvalue weighted by Crippen LogP contribution is -2.33. The average Bonchev–Trinajstić information content (AvgIpc) is 2.55. The van der Waals surface area contributed by atoms with Crippen molar-refractivity contribution in [3.63, 3.8) is 0 Å².